The van der Waals surface area contributed by atoms with Crippen molar-refractivity contribution in [1.29, 1.82) is 0 Å². The van der Waals surface area contributed by atoms with Crippen molar-refractivity contribution < 1.29 is 19.1 Å². The Morgan fingerprint density at radius 3 is 2.40 bits per heavy atom. The number of amides is 1. The van der Waals surface area contributed by atoms with Gasteiger partial charge < -0.3 is 20.7 Å². The van der Waals surface area contributed by atoms with Crippen LogP contribution < -0.4 is 20.7 Å². The van der Waals surface area contributed by atoms with Crippen LogP contribution in [0.4, 0.5) is 0 Å². The van der Waals surface area contributed by atoms with Gasteiger partial charge in [0.2, 0.25) is 17.5 Å². The number of ketones is 2. The highest BCUT2D eigenvalue weighted by Crippen LogP contribution is 2.39. The van der Waals surface area contributed by atoms with Crippen molar-refractivity contribution in [3.63, 3.8) is 0 Å². The molecule has 0 aromatic heterocycles. The fourth-order valence-electron chi connectivity index (χ4n) is 4.64. The molecule has 1 aromatic carbocycles. The van der Waals surface area contributed by atoms with E-state index in [1.54, 1.807) is 7.11 Å². The molecule has 0 saturated carbocycles. The normalized spacial score (nSPS) is 17.0. The quantitative estimate of drug-likeness (QED) is 0.125. The minimum atomic E-state index is -0.212. The highest BCUT2D eigenvalue weighted by Gasteiger charge is 2.20. The van der Waals surface area contributed by atoms with Gasteiger partial charge >= 0.3 is 0 Å². The van der Waals surface area contributed by atoms with Crippen LogP contribution in [0.2, 0.25) is 0 Å². The summed E-state index contributed by atoms with van der Waals surface area (Å²) in [4.78, 5) is 39.4. The Balaban J connectivity index is 1.26. The van der Waals surface area contributed by atoms with Gasteiger partial charge in [-0.25, -0.2) is 0 Å². The van der Waals surface area contributed by atoms with Crippen molar-refractivity contribution in [1.82, 2.24) is 20.9 Å². The first kappa shape index (κ1) is 32.1. The molecule has 1 aliphatic heterocycles. The lowest BCUT2D eigenvalue weighted by Gasteiger charge is -2.22. The molecule has 1 amide bonds. The number of hydrogen-bond donors (Lipinski definition) is 3. The van der Waals surface area contributed by atoms with Crippen molar-refractivity contribution in [3.05, 3.63) is 53.4 Å². The van der Waals surface area contributed by atoms with Crippen molar-refractivity contribution in [2.75, 3.05) is 45.6 Å². The van der Waals surface area contributed by atoms with E-state index in [2.05, 4.69) is 33.8 Å². The van der Waals surface area contributed by atoms with Gasteiger partial charge in [0.05, 0.1) is 18.5 Å². The molecule has 1 atom stereocenters. The number of carbonyl (C=O) groups excluding carboxylic acids is 3. The Labute approximate surface area is 246 Å². The van der Waals surface area contributed by atoms with Gasteiger partial charge in [0.25, 0.3) is 0 Å². The summed E-state index contributed by atoms with van der Waals surface area (Å²) in [7, 11) is 5.63. The number of hydrogen-bond acceptors (Lipinski definition) is 9. The second-order valence-corrected chi connectivity index (χ2v) is 12.8. The number of nitrogens with zero attached hydrogens (tertiary/aromatic N) is 1. The maximum atomic E-state index is 12.6. The van der Waals surface area contributed by atoms with Gasteiger partial charge in [0.15, 0.2) is 0 Å². The number of allylic oxidation sites excluding steroid dienone is 2. The third kappa shape index (κ3) is 11.2. The molecular weight excluding hydrogens is 544 g/mol. The van der Waals surface area contributed by atoms with Crippen molar-refractivity contribution in [3.8, 4) is 5.75 Å². The summed E-state index contributed by atoms with van der Waals surface area (Å²) in [5, 5.41) is 9.88. The number of unbranched alkanes of at least 4 members (excludes halogenated alkanes) is 1. The summed E-state index contributed by atoms with van der Waals surface area (Å²) >= 11 is 0. The predicted octanol–water partition coefficient (Wildman–Crippen LogP) is 4.23. The van der Waals surface area contributed by atoms with Gasteiger partial charge in [-0.3, -0.25) is 19.3 Å². The summed E-state index contributed by atoms with van der Waals surface area (Å²) in [6.45, 7) is 6.33. The molecule has 220 valence electrons. The monoisotopic (exact) mass is 588 g/mol. The van der Waals surface area contributed by atoms with E-state index in [-0.39, 0.29) is 17.5 Å². The largest absolute Gasteiger partial charge is 0.496 e. The SMILES string of the molecule is CCN(CCCNC1=CC(=O)C(NCCCNC(=O)CCCCC2CCSS2)=CC1=O)Cc1ccccc1OC. The van der Waals surface area contributed by atoms with Crippen LogP contribution >= 0.6 is 21.6 Å². The van der Waals surface area contributed by atoms with Crippen LogP contribution in [0, 0.1) is 0 Å². The molecule has 1 heterocycles. The van der Waals surface area contributed by atoms with E-state index in [0.29, 0.717) is 43.9 Å². The van der Waals surface area contributed by atoms with Gasteiger partial charge in [-0.1, -0.05) is 53.1 Å². The fraction of sp³-hybridized carbons (Fsp3) is 0.567. The first-order valence-electron chi connectivity index (χ1n) is 14.4. The zero-order chi connectivity index (χ0) is 28.6. The average molecular weight is 589 g/mol. The first-order valence-corrected chi connectivity index (χ1v) is 16.8. The van der Waals surface area contributed by atoms with Crippen molar-refractivity contribution in [2.24, 2.45) is 0 Å². The maximum Gasteiger partial charge on any atom is 0.219 e. The Morgan fingerprint density at radius 1 is 1.00 bits per heavy atom. The second-order valence-electron chi connectivity index (χ2n) is 10.0. The molecule has 3 N–H and O–H groups in total. The van der Waals surface area contributed by atoms with E-state index in [4.69, 9.17) is 4.74 Å². The lowest BCUT2D eigenvalue weighted by molar-refractivity contribution is -0.121. The summed E-state index contributed by atoms with van der Waals surface area (Å²) in [6, 6.07) is 8.02. The van der Waals surface area contributed by atoms with Crippen LogP contribution in [-0.2, 0) is 20.9 Å². The smallest absolute Gasteiger partial charge is 0.219 e. The van der Waals surface area contributed by atoms with E-state index >= 15 is 0 Å². The Hall–Kier alpha value is -2.43. The van der Waals surface area contributed by atoms with Crippen molar-refractivity contribution in [2.45, 2.75) is 63.7 Å². The number of nitrogens with one attached hydrogen (secondary N) is 3. The zero-order valence-corrected chi connectivity index (χ0v) is 25.5. The van der Waals surface area contributed by atoms with E-state index in [0.717, 1.165) is 55.5 Å². The van der Waals surface area contributed by atoms with Gasteiger partial charge in [0, 0.05) is 67.9 Å². The predicted molar refractivity (Wildman–Crippen MR) is 165 cm³/mol. The molecule has 40 heavy (non-hydrogen) atoms. The van der Waals surface area contributed by atoms with Crippen LogP contribution in [0.15, 0.2) is 47.8 Å². The van der Waals surface area contributed by atoms with Gasteiger partial charge in [0.1, 0.15) is 5.75 Å². The lowest BCUT2D eigenvalue weighted by atomic mass is 10.1. The maximum absolute atomic E-state index is 12.6. The molecule has 8 nitrogen and oxygen atoms in total. The summed E-state index contributed by atoms with van der Waals surface area (Å²) in [5.41, 5.74) is 1.78. The minimum absolute atomic E-state index is 0.0806. The van der Waals surface area contributed by atoms with E-state index in [1.165, 1.54) is 30.7 Å². The zero-order valence-electron chi connectivity index (χ0n) is 23.8. The standard InChI is InChI=1S/C30H44N4O4S2/c1-3-34(22-23-10-4-6-12-29(23)38-2)18-9-17-32-26-21-27(35)25(20-28(26)36)31-15-8-16-33-30(37)13-7-5-11-24-14-19-39-40-24/h4,6,10,12,20-21,24,31-32H,3,5,7-9,11,13-19,22H2,1-2H3,(H,33,37). The number of methoxy groups -OCH3 is 1. The van der Waals surface area contributed by atoms with Crippen LogP contribution in [0.5, 0.6) is 5.75 Å². The third-order valence-electron chi connectivity index (χ3n) is 6.98. The minimum Gasteiger partial charge on any atom is -0.496 e. The van der Waals surface area contributed by atoms with E-state index in [1.807, 2.05) is 39.8 Å². The molecule has 1 aromatic rings. The molecule has 3 rings (SSSR count). The molecule has 0 bridgehead atoms. The summed E-state index contributed by atoms with van der Waals surface area (Å²) in [5.74, 6) is 1.80. The number of carbonyl (C=O) groups is 3. The summed E-state index contributed by atoms with van der Waals surface area (Å²) in [6.07, 6.45) is 9.34. The summed E-state index contributed by atoms with van der Waals surface area (Å²) < 4.78 is 5.46. The molecule has 10 heteroatoms. The van der Waals surface area contributed by atoms with Gasteiger partial charge in [-0.05, 0) is 44.7 Å². The van der Waals surface area contributed by atoms with Crippen molar-refractivity contribution >= 4 is 39.1 Å². The number of benzene rings is 1. The third-order valence-corrected chi connectivity index (χ3v) is 9.99. The average Bonchev–Trinajstić information content (AvgIpc) is 3.48. The topological polar surface area (TPSA) is 99.8 Å². The Bertz CT molecular complexity index is 1040. The Kier molecular flexibility index (Phi) is 14.5. The molecule has 0 spiro atoms. The number of ether oxygens (including phenoxy) is 1. The second kappa shape index (κ2) is 18.1. The molecule has 1 unspecified atom stereocenters. The van der Waals surface area contributed by atoms with E-state index < -0.39 is 0 Å². The lowest BCUT2D eigenvalue weighted by Crippen LogP contribution is -2.32. The molecule has 0 radical (unpaired) electrons. The molecule has 1 saturated heterocycles. The number of rotatable bonds is 19. The Morgan fingerprint density at radius 2 is 1.73 bits per heavy atom. The van der Waals surface area contributed by atoms with Crippen LogP contribution in [-0.4, -0.2) is 73.2 Å². The van der Waals surface area contributed by atoms with Gasteiger partial charge in [-0.15, -0.1) is 0 Å². The molecule has 1 fully saturated rings. The van der Waals surface area contributed by atoms with Gasteiger partial charge in [-0.2, -0.15) is 0 Å². The van der Waals surface area contributed by atoms with Crippen LogP contribution in [0.25, 0.3) is 0 Å². The van der Waals surface area contributed by atoms with Crippen LogP contribution in [0.1, 0.15) is 57.4 Å². The fourth-order valence-corrected chi connectivity index (χ4v) is 7.66. The molecule has 1 aliphatic carbocycles. The van der Waals surface area contributed by atoms with E-state index in [9.17, 15) is 14.4 Å². The molecular formula is C30H44N4O4S2. The number of para-hydroxylation sites is 1. The van der Waals surface area contributed by atoms with Crippen LogP contribution in [0.3, 0.4) is 0 Å². The highest BCUT2D eigenvalue weighted by atomic mass is 33.1. The highest BCUT2D eigenvalue weighted by molar-refractivity contribution is 8.77. The molecule has 2 aliphatic rings. The first-order chi connectivity index (χ1) is 19.5.